The van der Waals surface area contributed by atoms with Crippen LogP contribution in [0.3, 0.4) is 0 Å². The van der Waals surface area contributed by atoms with Crippen LogP contribution in [0.25, 0.3) is 0 Å². The molecule has 2 aromatic carbocycles. The lowest BCUT2D eigenvalue weighted by atomic mass is 10.1. The Morgan fingerprint density at radius 3 is 2.57 bits per heavy atom. The van der Waals surface area contributed by atoms with Gasteiger partial charge in [-0.3, -0.25) is 10.1 Å². The summed E-state index contributed by atoms with van der Waals surface area (Å²) in [6, 6.07) is 11.1. The summed E-state index contributed by atoms with van der Waals surface area (Å²) in [5.41, 5.74) is -0.160. The van der Waals surface area contributed by atoms with E-state index in [-0.39, 0.29) is 17.6 Å². The van der Waals surface area contributed by atoms with E-state index in [9.17, 15) is 18.0 Å². The molecule has 30 heavy (non-hydrogen) atoms. The van der Waals surface area contributed by atoms with Crippen LogP contribution < -0.4 is 15.4 Å². The Morgan fingerprint density at radius 2 is 1.93 bits per heavy atom. The zero-order valence-corrected chi connectivity index (χ0v) is 16.3. The highest BCUT2D eigenvalue weighted by atomic mass is 19.4. The lowest BCUT2D eigenvalue weighted by Crippen LogP contribution is -2.37. The van der Waals surface area contributed by atoms with Crippen molar-refractivity contribution >= 4 is 17.6 Å². The van der Waals surface area contributed by atoms with Crippen LogP contribution in [0.1, 0.15) is 28.8 Å². The molecule has 0 radical (unpaired) electrons. The molecule has 9 heteroatoms. The number of anilines is 1. The Labute approximate surface area is 172 Å². The third kappa shape index (κ3) is 5.73. The standard InChI is InChI=1S/C21H22F3N3O3/c1-29-18-7-3-2-6-17(18)26-20(25-13-16-5-4-12-30-16)27-19(28)14-8-10-15(11-9-14)21(22,23)24/h2-3,6-11,16H,4-5,12-13H2,1H3,(H2,25,26,27,28). The molecule has 1 atom stereocenters. The minimum Gasteiger partial charge on any atom is -0.495 e. The molecule has 3 rings (SSSR count). The van der Waals surface area contributed by atoms with E-state index in [0.29, 0.717) is 24.6 Å². The van der Waals surface area contributed by atoms with Gasteiger partial charge in [-0.25, -0.2) is 4.99 Å². The molecule has 0 aromatic heterocycles. The summed E-state index contributed by atoms with van der Waals surface area (Å²) in [7, 11) is 1.52. The van der Waals surface area contributed by atoms with Crippen molar-refractivity contribution in [3.63, 3.8) is 0 Å². The molecule has 2 N–H and O–H groups in total. The van der Waals surface area contributed by atoms with Crippen LogP contribution in [0.5, 0.6) is 5.75 Å². The largest absolute Gasteiger partial charge is 0.495 e. The Hall–Kier alpha value is -3.07. The van der Waals surface area contributed by atoms with E-state index in [0.717, 1.165) is 37.1 Å². The molecule has 0 saturated carbocycles. The second kappa shape index (κ2) is 9.62. The van der Waals surface area contributed by atoms with Gasteiger partial charge in [-0.15, -0.1) is 0 Å². The molecular formula is C21H22F3N3O3. The third-order valence-electron chi connectivity index (χ3n) is 4.54. The van der Waals surface area contributed by atoms with E-state index in [1.54, 1.807) is 24.3 Å². The second-order valence-corrected chi connectivity index (χ2v) is 6.68. The van der Waals surface area contributed by atoms with Gasteiger partial charge < -0.3 is 14.8 Å². The van der Waals surface area contributed by atoms with Crippen LogP contribution >= 0.6 is 0 Å². The van der Waals surface area contributed by atoms with Crippen molar-refractivity contribution in [2.75, 3.05) is 25.6 Å². The van der Waals surface area contributed by atoms with E-state index in [4.69, 9.17) is 9.47 Å². The molecule has 6 nitrogen and oxygen atoms in total. The Morgan fingerprint density at radius 1 is 1.20 bits per heavy atom. The molecule has 1 saturated heterocycles. The maximum Gasteiger partial charge on any atom is 0.416 e. The van der Waals surface area contributed by atoms with Gasteiger partial charge in [0.15, 0.2) is 0 Å². The second-order valence-electron chi connectivity index (χ2n) is 6.68. The smallest absolute Gasteiger partial charge is 0.416 e. The Kier molecular flexibility index (Phi) is 6.94. The van der Waals surface area contributed by atoms with Crippen molar-refractivity contribution in [2.45, 2.75) is 25.1 Å². The fourth-order valence-electron chi connectivity index (χ4n) is 2.96. The fourth-order valence-corrected chi connectivity index (χ4v) is 2.96. The highest BCUT2D eigenvalue weighted by Gasteiger charge is 2.30. The molecule has 1 fully saturated rings. The van der Waals surface area contributed by atoms with Crippen LogP contribution in [-0.2, 0) is 10.9 Å². The summed E-state index contributed by atoms with van der Waals surface area (Å²) in [6.45, 7) is 1.01. The first-order valence-corrected chi connectivity index (χ1v) is 9.41. The van der Waals surface area contributed by atoms with Crippen molar-refractivity contribution in [3.05, 3.63) is 59.7 Å². The molecule has 1 aliphatic rings. The number of nitrogens with one attached hydrogen (secondary N) is 2. The van der Waals surface area contributed by atoms with Crippen LogP contribution in [0.4, 0.5) is 18.9 Å². The third-order valence-corrected chi connectivity index (χ3v) is 4.54. The number of hydrogen-bond acceptors (Lipinski definition) is 4. The molecular weight excluding hydrogens is 399 g/mol. The molecule has 1 aliphatic heterocycles. The SMILES string of the molecule is COc1ccccc1NC(=NCC1CCCO1)NC(=O)c1ccc(C(F)(F)F)cc1. The number of rotatable bonds is 5. The maximum absolute atomic E-state index is 12.7. The summed E-state index contributed by atoms with van der Waals surface area (Å²) < 4.78 is 49.1. The average molecular weight is 421 g/mol. The van der Waals surface area contributed by atoms with Crippen LogP contribution in [-0.4, -0.2) is 38.2 Å². The van der Waals surface area contributed by atoms with Crippen LogP contribution in [0.15, 0.2) is 53.5 Å². The Balaban J connectivity index is 1.77. The van der Waals surface area contributed by atoms with Gasteiger partial charge in [-0.2, -0.15) is 13.2 Å². The summed E-state index contributed by atoms with van der Waals surface area (Å²) in [6.07, 6.45) is -2.68. The molecule has 1 heterocycles. The molecule has 160 valence electrons. The molecule has 0 bridgehead atoms. The number of benzene rings is 2. The van der Waals surface area contributed by atoms with E-state index in [1.165, 1.54) is 7.11 Å². The first kappa shape index (κ1) is 21.6. The van der Waals surface area contributed by atoms with Gasteiger partial charge in [-0.1, -0.05) is 12.1 Å². The van der Waals surface area contributed by atoms with E-state index < -0.39 is 17.6 Å². The minimum atomic E-state index is -4.46. The zero-order chi connectivity index (χ0) is 21.6. The molecule has 2 aromatic rings. The molecule has 0 spiro atoms. The first-order valence-electron chi connectivity index (χ1n) is 9.41. The lowest BCUT2D eigenvalue weighted by Gasteiger charge is -2.15. The summed E-state index contributed by atoms with van der Waals surface area (Å²) in [4.78, 5) is 17.0. The van der Waals surface area contributed by atoms with Crippen molar-refractivity contribution < 1.29 is 27.4 Å². The van der Waals surface area contributed by atoms with E-state index in [2.05, 4.69) is 15.6 Å². The quantitative estimate of drug-likeness (QED) is 0.564. The number of para-hydroxylation sites is 2. The summed E-state index contributed by atoms with van der Waals surface area (Å²) in [5, 5.41) is 5.64. The van der Waals surface area contributed by atoms with E-state index >= 15 is 0 Å². The van der Waals surface area contributed by atoms with Gasteiger partial charge in [0.2, 0.25) is 5.96 Å². The molecule has 1 unspecified atom stereocenters. The Bertz CT molecular complexity index is 892. The average Bonchev–Trinajstić information content (AvgIpc) is 3.25. The van der Waals surface area contributed by atoms with Gasteiger partial charge in [-0.05, 0) is 49.2 Å². The van der Waals surface area contributed by atoms with Gasteiger partial charge in [0.25, 0.3) is 5.91 Å². The number of halogens is 3. The van der Waals surface area contributed by atoms with Crippen molar-refractivity contribution in [2.24, 2.45) is 4.99 Å². The predicted octanol–water partition coefficient (Wildman–Crippen LogP) is 4.09. The highest BCUT2D eigenvalue weighted by Crippen LogP contribution is 2.29. The number of ether oxygens (including phenoxy) is 2. The lowest BCUT2D eigenvalue weighted by molar-refractivity contribution is -0.137. The van der Waals surface area contributed by atoms with Crippen molar-refractivity contribution in [1.29, 1.82) is 0 Å². The monoisotopic (exact) mass is 421 g/mol. The van der Waals surface area contributed by atoms with Gasteiger partial charge in [0, 0.05) is 12.2 Å². The number of guanidine groups is 1. The van der Waals surface area contributed by atoms with Gasteiger partial charge in [0.05, 0.1) is 31.0 Å². The summed E-state index contributed by atoms with van der Waals surface area (Å²) >= 11 is 0. The molecule has 1 amide bonds. The number of methoxy groups -OCH3 is 1. The predicted molar refractivity (Wildman–Crippen MR) is 107 cm³/mol. The normalized spacial score (nSPS) is 16.9. The minimum absolute atomic E-state index is 0.0394. The topological polar surface area (TPSA) is 71.9 Å². The zero-order valence-electron chi connectivity index (χ0n) is 16.3. The maximum atomic E-state index is 12.7. The highest BCUT2D eigenvalue weighted by molar-refractivity contribution is 6.10. The number of carbonyl (C=O) groups is 1. The van der Waals surface area contributed by atoms with E-state index in [1.807, 2.05) is 0 Å². The van der Waals surface area contributed by atoms with Crippen molar-refractivity contribution in [3.8, 4) is 5.75 Å². The number of aliphatic imine (C=N–C) groups is 1. The number of nitrogens with zero attached hydrogens (tertiary/aromatic N) is 1. The fraction of sp³-hybridized carbons (Fsp3) is 0.333. The number of amides is 1. The number of alkyl halides is 3. The van der Waals surface area contributed by atoms with Gasteiger partial charge in [0.1, 0.15) is 5.75 Å². The van der Waals surface area contributed by atoms with Gasteiger partial charge >= 0.3 is 6.18 Å². The first-order chi connectivity index (χ1) is 14.4. The van der Waals surface area contributed by atoms with Crippen molar-refractivity contribution in [1.82, 2.24) is 5.32 Å². The van der Waals surface area contributed by atoms with Crippen LogP contribution in [0.2, 0.25) is 0 Å². The van der Waals surface area contributed by atoms with Crippen LogP contribution in [0, 0.1) is 0 Å². The number of hydrogen-bond donors (Lipinski definition) is 2. The molecule has 0 aliphatic carbocycles. The number of carbonyl (C=O) groups excluding carboxylic acids is 1. The summed E-state index contributed by atoms with van der Waals surface area (Å²) in [5.74, 6) is 0.114.